The van der Waals surface area contributed by atoms with E-state index >= 15 is 0 Å². The molecule has 0 unspecified atom stereocenters. The molecular formula is C27H31N3O6. The Kier molecular flexibility index (Phi) is 8.72. The number of aliphatic imine (C=N–C) groups is 1. The second-order valence-corrected chi connectivity index (χ2v) is 8.01. The van der Waals surface area contributed by atoms with Crippen LogP contribution in [-0.2, 0) is 17.7 Å². The zero-order valence-electron chi connectivity index (χ0n) is 21.0. The van der Waals surface area contributed by atoms with Crippen molar-refractivity contribution in [2.75, 3.05) is 21.3 Å². The molecule has 0 bridgehead atoms. The summed E-state index contributed by atoms with van der Waals surface area (Å²) in [4.78, 5) is 32.2. The average molecular weight is 494 g/mol. The molecule has 0 spiro atoms. The van der Waals surface area contributed by atoms with Gasteiger partial charge in [0, 0.05) is 25.0 Å². The number of hydrogen-bond donors (Lipinski definition) is 2. The first-order valence-corrected chi connectivity index (χ1v) is 11.5. The van der Waals surface area contributed by atoms with E-state index in [1.165, 1.54) is 31.9 Å². The highest BCUT2D eigenvalue weighted by molar-refractivity contribution is 6.00. The maximum absolute atomic E-state index is 13.2. The smallest absolute Gasteiger partial charge is 0.264 e. The van der Waals surface area contributed by atoms with Crippen LogP contribution in [0.25, 0.3) is 11.1 Å². The van der Waals surface area contributed by atoms with Crippen molar-refractivity contribution in [2.24, 2.45) is 4.99 Å². The number of aromatic amines is 1. The lowest BCUT2D eigenvalue weighted by molar-refractivity contribution is 0.377. The predicted molar refractivity (Wildman–Crippen MR) is 139 cm³/mol. The minimum atomic E-state index is -0.568. The Balaban J connectivity index is 2.15. The standard InChI is InChI=1S/C27H31N3O6/c1-6-7-11-18-22(23-19(34-4)12-10-13-20(23)35-5)25(32)24(26(33)29-18)27(28-3)36-17(2)16-30-15-9-8-14-21(30)31/h8-10,12-15H,2,6-7,11,16H2,1,3-5H3,(H2,29,32,33). The molecule has 0 saturated carbocycles. The van der Waals surface area contributed by atoms with E-state index in [1.807, 2.05) is 6.92 Å². The van der Waals surface area contributed by atoms with Crippen molar-refractivity contribution < 1.29 is 19.3 Å². The number of H-pyrrole nitrogens is 1. The van der Waals surface area contributed by atoms with E-state index in [0.29, 0.717) is 34.7 Å². The molecule has 0 aliphatic rings. The van der Waals surface area contributed by atoms with E-state index in [9.17, 15) is 14.7 Å². The molecule has 0 aliphatic carbocycles. The van der Waals surface area contributed by atoms with Gasteiger partial charge in [-0.05, 0) is 31.0 Å². The van der Waals surface area contributed by atoms with Crippen LogP contribution in [0.1, 0.15) is 31.0 Å². The molecule has 0 saturated heterocycles. The van der Waals surface area contributed by atoms with Gasteiger partial charge >= 0.3 is 0 Å². The molecule has 3 aromatic rings. The fourth-order valence-electron chi connectivity index (χ4n) is 3.90. The number of aromatic hydroxyl groups is 1. The molecule has 36 heavy (non-hydrogen) atoms. The van der Waals surface area contributed by atoms with Crippen molar-refractivity contribution in [1.29, 1.82) is 0 Å². The first-order valence-electron chi connectivity index (χ1n) is 11.5. The molecule has 0 radical (unpaired) electrons. The van der Waals surface area contributed by atoms with Gasteiger partial charge in [-0.15, -0.1) is 0 Å². The third kappa shape index (κ3) is 5.51. The van der Waals surface area contributed by atoms with Gasteiger partial charge < -0.3 is 28.9 Å². The Hall–Kier alpha value is -4.27. The highest BCUT2D eigenvalue weighted by Gasteiger charge is 2.27. The molecule has 2 N–H and O–H groups in total. The molecule has 1 aromatic carbocycles. The van der Waals surface area contributed by atoms with Crippen LogP contribution in [0.15, 0.2) is 69.5 Å². The van der Waals surface area contributed by atoms with Gasteiger partial charge in [-0.1, -0.05) is 32.1 Å². The van der Waals surface area contributed by atoms with Gasteiger partial charge in [-0.25, -0.2) is 0 Å². The number of pyridine rings is 2. The summed E-state index contributed by atoms with van der Waals surface area (Å²) in [5.41, 5.74) is 0.430. The van der Waals surface area contributed by atoms with Crippen LogP contribution < -0.4 is 20.6 Å². The van der Waals surface area contributed by atoms with Gasteiger partial charge in [0.2, 0.25) is 5.90 Å². The minimum Gasteiger partial charge on any atom is -0.506 e. The SMILES string of the molecule is C=C(Cn1ccccc1=O)OC(=NC)c1c(O)c(-c2c(OC)cccc2OC)c(CCCC)[nH]c1=O. The molecule has 0 atom stereocenters. The summed E-state index contributed by atoms with van der Waals surface area (Å²) in [5.74, 6) is 0.625. The number of nitrogens with zero attached hydrogens (tertiary/aromatic N) is 2. The number of hydrogen-bond acceptors (Lipinski definition) is 7. The number of methoxy groups -OCH3 is 2. The van der Waals surface area contributed by atoms with E-state index in [4.69, 9.17) is 14.2 Å². The van der Waals surface area contributed by atoms with Crippen LogP contribution in [0, 0.1) is 0 Å². The number of aromatic nitrogens is 2. The van der Waals surface area contributed by atoms with Crippen molar-refractivity contribution in [3.05, 3.63) is 86.9 Å². The monoisotopic (exact) mass is 493 g/mol. The number of unbranched alkanes of at least 4 members (excludes halogenated alkanes) is 1. The highest BCUT2D eigenvalue weighted by Crippen LogP contribution is 2.44. The molecule has 0 aliphatic heterocycles. The Bertz CT molecular complexity index is 1360. The topological polar surface area (TPSA) is 115 Å². The van der Waals surface area contributed by atoms with Crippen molar-refractivity contribution in [3.8, 4) is 28.4 Å². The summed E-state index contributed by atoms with van der Waals surface area (Å²) in [6.45, 7) is 5.94. The fourth-order valence-corrected chi connectivity index (χ4v) is 3.90. The average Bonchev–Trinajstić information content (AvgIpc) is 2.87. The van der Waals surface area contributed by atoms with Crippen LogP contribution in [-0.4, -0.2) is 41.8 Å². The number of ether oxygens (including phenoxy) is 3. The van der Waals surface area contributed by atoms with Gasteiger partial charge in [0.25, 0.3) is 11.1 Å². The Morgan fingerprint density at radius 1 is 1.08 bits per heavy atom. The first-order chi connectivity index (χ1) is 17.4. The molecule has 9 nitrogen and oxygen atoms in total. The van der Waals surface area contributed by atoms with Crippen molar-refractivity contribution in [3.63, 3.8) is 0 Å². The molecule has 9 heteroatoms. The molecular weight excluding hydrogens is 462 g/mol. The molecule has 2 heterocycles. The Labute approximate surface area is 209 Å². The van der Waals surface area contributed by atoms with E-state index in [-0.39, 0.29) is 35.1 Å². The van der Waals surface area contributed by atoms with Crippen molar-refractivity contribution in [1.82, 2.24) is 9.55 Å². The van der Waals surface area contributed by atoms with Crippen LogP contribution in [0.2, 0.25) is 0 Å². The van der Waals surface area contributed by atoms with Crippen LogP contribution in [0.3, 0.4) is 0 Å². The number of benzene rings is 1. The van der Waals surface area contributed by atoms with Crippen molar-refractivity contribution in [2.45, 2.75) is 32.7 Å². The third-order valence-corrected chi connectivity index (χ3v) is 5.63. The first kappa shape index (κ1) is 26.3. The van der Waals surface area contributed by atoms with E-state index < -0.39 is 5.56 Å². The Morgan fingerprint density at radius 2 is 1.78 bits per heavy atom. The molecule has 190 valence electrons. The zero-order valence-corrected chi connectivity index (χ0v) is 21.0. The van der Waals surface area contributed by atoms with Gasteiger partial charge in [-0.2, -0.15) is 0 Å². The maximum Gasteiger partial charge on any atom is 0.264 e. The van der Waals surface area contributed by atoms with Crippen LogP contribution >= 0.6 is 0 Å². The van der Waals surface area contributed by atoms with Gasteiger partial charge in [0.1, 0.15) is 28.6 Å². The fraction of sp³-hybridized carbons (Fsp3) is 0.296. The summed E-state index contributed by atoms with van der Waals surface area (Å²) in [6.07, 6.45) is 3.78. The summed E-state index contributed by atoms with van der Waals surface area (Å²) in [7, 11) is 4.47. The quantitative estimate of drug-likeness (QED) is 0.252. The number of rotatable bonds is 10. The lowest BCUT2D eigenvalue weighted by Gasteiger charge is -2.20. The lowest BCUT2D eigenvalue weighted by Crippen LogP contribution is -2.25. The normalized spacial score (nSPS) is 11.3. The Morgan fingerprint density at radius 3 is 2.36 bits per heavy atom. The number of nitrogens with one attached hydrogen (secondary N) is 1. The third-order valence-electron chi connectivity index (χ3n) is 5.63. The van der Waals surface area contributed by atoms with Crippen molar-refractivity contribution >= 4 is 5.90 Å². The largest absolute Gasteiger partial charge is 0.506 e. The van der Waals surface area contributed by atoms with Crippen LogP contribution in [0.4, 0.5) is 0 Å². The van der Waals surface area contributed by atoms with Gasteiger partial charge in [0.05, 0.1) is 31.9 Å². The van der Waals surface area contributed by atoms with Gasteiger partial charge in [0.15, 0.2) is 0 Å². The molecule has 0 amide bonds. The van der Waals surface area contributed by atoms with Crippen LogP contribution in [0.5, 0.6) is 17.2 Å². The van der Waals surface area contributed by atoms with E-state index in [0.717, 1.165) is 12.8 Å². The molecule has 2 aromatic heterocycles. The minimum absolute atomic E-state index is 0.0408. The second-order valence-electron chi connectivity index (χ2n) is 8.01. The van der Waals surface area contributed by atoms with E-state index in [1.54, 1.807) is 36.5 Å². The zero-order chi connectivity index (χ0) is 26.2. The highest BCUT2D eigenvalue weighted by atomic mass is 16.5. The van der Waals surface area contributed by atoms with Gasteiger partial charge in [-0.3, -0.25) is 14.6 Å². The summed E-state index contributed by atoms with van der Waals surface area (Å²) < 4.78 is 18.3. The number of aryl methyl sites for hydroxylation is 1. The lowest BCUT2D eigenvalue weighted by atomic mass is 9.95. The maximum atomic E-state index is 13.2. The summed E-state index contributed by atoms with van der Waals surface area (Å²) in [6, 6.07) is 10.0. The summed E-state index contributed by atoms with van der Waals surface area (Å²) in [5, 5.41) is 11.5. The second kappa shape index (κ2) is 11.9. The summed E-state index contributed by atoms with van der Waals surface area (Å²) >= 11 is 0. The number of allylic oxidation sites excluding steroid dienone is 1. The predicted octanol–water partition coefficient (Wildman–Crippen LogP) is 3.88. The molecule has 3 rings (SSSR count). The van der Waals surface area contributed by atoms with E-state index in [2.05, 4.69) is 16.6 Å². The molecule has 0 fully saturated rings.